The van der Waals surface area contributed by atoms with Crippen LogP contribution in [0.2, 0.25) is 0 Å². The van der Waals surface area contributed by atoms with Crippen LogP contribution in [0.3, 0.4) is 0 Å². The molecule has 1 atom stereocenters. The Kier molecular flexibility index (Phi) is 2.79. The normalized spacial score (nSPS) is 20.9. The summed E-state index contributed by atoms with van der Waals surface area (Å²) in [7, 11) is 0. The van der Waals surface area contributed by atoms with Gasteiger partial charge in [-0.25, -0.2) is 0 Å². The average molecular weight is 256 g/mol. The maximum Gasteiger partial charge on any atom is 0.127 e. The van der Waals surface area contributed by atoms with Gasteiger partial charge in [-0.1, -0.05) is 15.9 Å². The SMILES string of the molecule is Cc1cc(Br)cc2c1OCCC[C@H]2N. The largest absolute Gasteiger partial charge is 0.493 e. The second-order valence-electron chi connectivity index (χ2n) is 3.74. The van der Waals surface area contributed by atoms with Gasteiger partial charge in [-0.15, -0.1) is 0 Å². The highest BCUT2D eigenvalue weighted by molar-refractivity contribution is 9.10. The Morgan fingerprint density at radius 2 is 2.29 bits per heavy atom. The molecule has 1 aliphatic heterocycles. The van der Waals surface area contributed by atoms with E-state index < -0.39 is 0 Å². The summed E-state index contributed by atoms with van der Waals surface area (Å²) in [5, 5.41) is 0. The van der Waals surface area contributed by atoms with Crippen molar-refractivity contribution in [1.82, 2.24) is 0 Å². The predicted octanol–water partition coefficient (Wildman–Crippen LogP) is 2.93. The number of aryl methyl sites for hydroxylation is 1. The van der Waals surface area contributed by atoms with Gasteiger partial charge in [0, 0.05) is 16.1 Å². The molecule has 0 saturated heterocycles. The summed E-state index contributed by atoms with van der Waals surface area (Å²) in [6.07, 6.45) is 2.04. The van der Waals surface area contributed by atoms with E-state index in [1.54, 1.807) is 0 Å². The third-order valence-electron chi connectivity index (χ3n) is 2.57. The molecule has 1 aliphatic rings. The van der Waals surface area contributed by atoms with Crippen LogP contribution >= 0.6 is 15.9 Å². The number of fused-ring (bicyclic) bond motifs is 1. The highest BCUT2D eigenvalue weighted by Gasteiger charge is 2.18. The van der Waals surface area contributed by atoms with Gasteiger partial charge < -0.3 is 10.5 Å². The third-order valence-corrected chi connectivity index (χ3v) is 3.03. The van der Waals surface area contributed by atoms with Gasteiger partial charge in [0.05, 0.1) is 6.61 Å². The second-order valence-corrected chi connectivity index (χ2v) is 4.65. The Hall–Kier alpha value is -0.540. The van der Waals surface area contributed by atoms with Gasteiger partial charge in [-0.05, 0) is 37.5 Å². The standard InChI is InChI=1S/C11H14BrNO/c1-7-5-8(12)6-9-10(13)3-2-4-14-11(7)9/h5-6,10H,2-4,13H2,1H3/t10-/m1/s1. The van der Waals surface area contributed by atoms with Gasteiger partial charge >= 0.3 is 0 Å². The fraction of sp³-hybridized carbons (Fsp3) is 0.455. The first-order valence-corrected chi connectivity index (χ1v) is 5.66. The van der Waals surface area contributed by atoms with E-state index in [2.05, 4.69) is 35.0 Å². The van der Waals surface area contributed by atoms with Gasteiger partial charge in [0.15, 0.2) is 0 Å². The van der Waals surface area contributed by atoms with E-state index in [4.69, 9.17) is 10.5 Å². The summed E-state index contributed by atoms with van der Waals surface area (Å²) in [4.78, 5) is 0. The van der Waals surface area contributed by atoms with Gasteiger partial charge in [0.1, 0.15) is 5.75 Å². The van der Waals surface area contributed by atoms with Crippen LogP contribution in [0.5, 0.6) is 5.75 Å². The van der Waals surface area contributed by atoms with E-state index >= 15 is 0 Å². The van der Waals surface area contributed by atoms with Crippen LogP contribution < -0.4 is 10.5 Å². The summed E-state index contributed by atoms with van der Waals surface area (Å²) in [5.74, 6) is 0.984. The van der Waals surface area contributed by atoms with Crippen LogP contribution in [0.15, 0.2) is 16.6 Å². The number of halogens is 1. The van der Waals surface area contributed by atoms with E-state index in [9.17, 15) is 0 Å². The maximum absolute atomic E-state index is 6.08. The molecule has 0 aromatic heterocycles. The van der Waals surface area contributed by atoms with Crippen LogP contribution in [0.25, 0.3) is 0 Å². The number of hydrogen-bond acceptors (Lipinski definition) is 2. The predicted molar refractivity (Wildman–Crippen MR) is 60.5 cm³/mol. The topological polar surface area (TPSA) is 35.2 Å². The molecule has 76 valence electrons. The summed E-state index contributed by atoms with van der Waals surface area (Å²) in [5.41, 5.74) is 8.38. The molecule has 0 unspecified atom stereocenters. The second kappa shape index (κ2) is 3.91. The summed E-state index contributed by atoms with van der Waals surface area (Å²) >= 11 is 3.48. The Labute approximate surface area is 92.6 Å². The Morgan fingerprint density at radius 1 is 1.50 bits per heavy atom. The zero-order valence-electron chi connectivity index (χ0n) is 8.22. The fourth-order valence-corrected chi connectivity index (χ4v) is 2.45. The molecule has 0 radical (unpaired) electrons. The Balaban J connectivity index is 2.53. The van der Waals surface area contributed by atoms with Crippen molar-refractivity contribution in [3.63, 3.8) is 0 Å². The fourth-order valence-electron chi connectivity index (χ4n) is 1.86. The van der Waals surface area contributed by atoms with Crippen molar-refractivity contribution in [3.05, 3.63) is 27.7 Å². The molecule has 0 amide bonds. The molecule has 2 nitrogen and oxygen atoms in total. The Morgan fingerprint density at radius 3 is 3.07 bits per heavy atom. The highest BCUT2D eigenvalue weighted by Crippen LogP contribution is 2.35. The van der Waals surface area contributed by atoms with Crippen LogP contribution in [-0.2, 0) is 0 Å². The number of ether oxygens (including phenoxy) is 1. The first kappa shape index (κ1) is 9.99. The Bertz CT molecular complexity index is 351. The van der Waals surface area contributed by atoms with Crippen molar-refractivity contribution < 1.29 is 4.74 Å². The quantitative estimate of drug-likeness (QED) is 0.774. The lowest BCUT2D eigenvalue weighted by atomic mass is 10.0. The molecule has 14 heavy (non-hydrogen) atoms. The van der Waals surface area contributed by atoms with E-state index in [-0.39, 0.29) is 6.04 Å². The van der Waals surface area contributed by atoms with Crippen molar-refractivity contribution >= 4 is 15.9 Å². The minimum absolute atomic E-state index is 0.115. The van der Waals surface area contributed by atoms with E-state index in [0.717, 1.165) is 40.8 Å². The average Bonchev–Trinajstić information content (AvgIpc) is 2.29. The molecule has 1 aromatic carbocycles. The number of benzene rings is 1. The summed E-state index contributed by atoms with van der Waals surface area (Å²) in [6.45, 7) is 2.84. The number of nitrogens with two attached hydrogens (primary N) is 1. The molecule has 0 saturated carbocycles. The van der Waals surface area contributed by atoms with Gasteiger partial charge in [0.25, 0.3) is 0 Å². The van der Waals surface area contributed by atoms with Crippen LogP contribution in [0, 0.1) is 6.92 Å². The van der Waals surface area contributed by atoms with Crippen molar-refractivity contribution in [3.8, 4) is 5.75 Å². The first-order chi connectivity index (χ1) is 6.68. The van der Waals surface area contributed by atoms with Gasteiger partial charge in [-0.2, -0.15) is 0 Å². The first-order valence-electron chi connectivity index (χ1n) is 4.87. The van der Waals surface area contributed by atoms with E-state index in [1.165, 1.54) is 0 Å². The van der Waals surface area contributed by atoms with Crippen LogP contribution in [0.4, 0.5) is 0 Å². The molecule has 2 N–H and O–H groups in total. The number of rotatable bonds is 0. The molecule has 3 heteroatoms. The van der Waals surface area contributed by atoms with E-state index in [0.29, 0.717) is 0 Å². The number of hydrogen-bond donors (Lipinski definition) is 1. The lowest BCUT2D eigenvalue weighted by Gasteiger charge is -2.14. The van der Waals surface area contributed by atoms with E-state index in [1.807, 2.05) is 0 Å². The highest BCUT2D eigenvalue weighted by atomic mass is 79.9. The summed E-state index contributed by atoms with van der Waals surface area (Å²) < 4.78 is 6.78. The minimum atomic E-state index is 0.115. The molecular weight excluding hydrogens is 242 g/mol. The molecular formula is C11H14BrNO. The van der Waals surface area contributed by atoms with Crippen molar-refractivity contribution in [2.75, 3.05) is 6.61 Å². The maximum atomic E-state index is 6.08. The summed E-state index contributed by atoms with van der Waals surface area (Å²) in [6, 6.07) is 4.25. The molecule has 0 bridgehead atoms. The molecule has 1 heterocycles. The molecule has 0 spiro atoms. The molecule has 0 aliphatic carbocycles. The lowest BCUT2D eigenvalue weighted by molar-refractivity contribution is 0.314. The molecule has 1 aromatic rings. The third kappa shape index (κ3) is 1.79. The van der Waals surface area contributed by atoms with Crippen molar-refractivity contribution in [2.24, 2.45) is 5.73 Å². The molecule has 0 fully saturated rings. The molecule has 2 rings (SSSR count). The van der Waals surface area contributed by atoms with Crippen molar-refractivity contribution in [2.45, 2.75) is 25.8 Å². The van der Waals surface area contributed by atoms with Crippen LogP contribution in [-0.4, -0.2) is 6.61 Å². The van der Waals surface area contributed by atoms with Crippen molar-refractivity contribution in [1.29, 1.82) is 0 Å². The van der Waals surface area contributed by atoms with Gasteiger partial charge in [0.2, 0.25) is 0 Å². The zero-order chi connectivity index (χ0) is 10.1. The van der Waals surface area contributed by atoms with Gasteiger partial charge in [-0.3, -0.25) is 0 Å². The zero-order valence-corrected chi connectivity index (χ0v) is 9.80. The van der Waals surface area contributed by atoms with Crippen LogP contribution in [0.1, 0.15) is 30.0 Å². The lowest BCUT2D eigenvalue weighted by Crippen LogP contribution is -2.09. The minimum Gasteiger partial charge on any atom is -0.493 e. The monoisotopic (exact) mass is 255 g/mol. The smallest absolute Gasteiger partial charge is 0.127 e.